The van der Waals surface area contributed by atoms with Crippen LogP contribution in [-0.4, -0.2) is 10.7 Å². The Morgan fingerprint density at radius 2 is 2.11 bits per heavy atom. The van der Waals surface area contributed by atoms with Gasteiger partial charge in [-0.1, -0.05) is 24.3 Å². The Morgan fingerprint density at radius 3 is 2.84 bits per heavy atom. The van der Waals surface area contributed by atoms with Crippen LogP contribution in [0.3, 0.4) is 0 Å². The fraction of sp³-hybridized carbons (Fsp3) is 0.529. The molecule has 0 saturated carbocycles. The van der Waals surface area contributed by atoms with E-state index in [1.165, 1.54) is 18.4 Å². The fourth-order valence-electron chi connectivity index (χ4n) is 3.17. The predicted octanol–water partition coefficient (Wildman–Crippen LogP) is 3.93. The highest BCUT2D eigenvalue weighted by molar-refractivity contribution is 5.48. The van der Waals surface area contributed by atoms with Crippen molar-refractivity contribution in [3.8, 4) is 5.75 Å². The van der Waals surface area contributed by atoms with Crippen LogP contribution in [-0.2, 0) is 6.42 Å². The molecule has 0 saturated heterocycles. The number of hydrogen-bond donors (Lipinski definition) is 1. The van der Waals surface area contributed by atoms with Gasteiger partial charge in [-0.3, -0.25) is 0 Å². The molecule has 2 heteroatoms. The Morgan fingerprint density at radius 1 is 1.26 bits per heavy atom. The predicted molar refractivity (Wildman–Crippen MR) is 76.4 cm³/mol. The van der Waals surface area contributed by atoms with Crippen LogP contribution in [0.5, 0.6) is 5.75 Å². The minimum atomic E-state index is -0.496. The van der Waals surface area contributed by atoms with Gasteiger partial charge in [0.1, 0.15) is 17.5 Å². The maximum atomic E-state index is 10.6. The third-order valence-electron chi connectivity index (χ3n) is 4.09. The van der Waals surface area contributed by atoms with E-state index in [0.717, 1.165) is 36.1 Å². The third kappa shape index (κ3) is 2.42. The van der Waals surface area contributed by atoms with Crippen LogP contribution in [0.4, 0.5) is 0 Å². The molecule has 1 heterocycles. The van der Waals surface area contributed by atoms with E-state index in [0.29, 0.717) is 0 Å². The zero-order chi connectivity index (χ0) is 13.5. The molecule has 0 aromatic heterocycles. The third-order valence-corrected chi connectivity index (χ3v) is 4.09. The lowest BCUT2D eigenvalue weighted by Gasteiger charge is -2.22. The average molecular weight is 258 g/mol. The van der Waals surface area contributed by atoms with Crippen molar-refractivity contribution in [3.63, 3.8) is 0 Å². The van der Waals surface area contributed by atoms with Gasteiger partial charge in [0, 0.05) is 12.0 Å². The van der Waals surface area contributed by atoms with Gasteiger partial charge >= 0.3 is 0 Å². The molecule has 1 aliphatic carbocycles. The molecule has 0 fully saturated rings. The molecule has 19 heavy (non-hydrogen) atoms. The molecule has 2 aliphatic rings. The monoisotopic (exact) mass is 258 g/mol. The molecule has 2 nitrogen and oxygen atoms in total. The summed E-state index contributed by atoms with van der Waals surface area (Å²) in [6, 6.07) is 6.14. The average Bonchev–Trinajstić information content (AvgIpc) is 2.72. The maximum Gasteiger partial charge on any atom is 0.129 e. The first-order valence-corrected chi connectivity index (χ1v) is 7.25. The number of hydrogen-bond acceptors (Lipinski definition) is 2. The number of fused-ring (bicyclic) bond motifs is 1. The summed E-state index contributed by atoms with van der Waals surface area (Å²) in [5, 5.41) is 10.6. The zero-order valence-corrected chi connectivity index (χ0v) is 11.8. The summed E-state index contributed by atoms with van der Waals surface area (Å²) in [5.74, 6) is 0.909. The molecule has 1 aromatic carbocycles. The van der Waals surface area contributed by atoms with Gasteiger partial charge in [0.15, 0.2) is 0 Å². The summed E-state index contributed by atoms with van der Waals surface area (Å²) in [7, 11) is 0. The van der Waals surface area contributed by atoms with Crippen molar-refractivity contribution in [1.82, 2.24) is 0 Å². The number of benzene rings is 1. The van der Waals surface area contributed by atoms with Gasteiger partial charge in [-0.2, -0.15) is 0 Å². The van der Waals surface area contributed by atoms with Crippen LogP contribution in [0.15, 0.2) is 29.8 Å². The number of rotatable bonds is 2. The molecule has 1 N–H and O–H groups in total. The highest BCUT2D eigenvalue weighted by atomic mass is 16.5. The fourth-order valence-corrected chi connectivity index (χ4v) is 3.17. The Hall–Kier alpha value is -1.28. The largest absolute Gasteiger partial charge is 0.487 e. The molecule has 1 unspecified atom stereocenters. The van der Waals surface area contributed by atoms with Gasteiger partial charge in [0.25, 0.3) is 0 Å². The summed E-state index contributed by atoms with van der Waals surface area (Å²) in [6.45, 7) is 4.20. The van der Waals surface area contributed by atoms with Crippen molar-refractivity contribution < 1.29 is 9.84 Å². The van der Waals surface area contributed by atoms with Crippen LogP contribution in [0.1, 0.15) is 56.8 Å². The zero-order valence-electron chi connectivity index (χ0n) is 11.8. The van der Waals surface area contributed by atoms with E-state index in [1.54, 1.807) is 0 Å². The number of aliphatic hydroxyl groups is 1. The highest BCUT2D eigenvalue weighted by Crippen LogP contribution is 2.42. The van der Waals surface area contributed by atoms with Crippen molar-refractivity contribution in [2.45, 2.75) is 57.7 Å². The molecule has 1 atom stereocenters. The van der Waals surface area contributed by atoms with Crippen LogP contribution in [0.25, 0.3) is 0 Å². The van der Waals surface area contributed by atoms with Gasteiger partial charge in [0.2, 0.25) is 0 Å². The summed E-state index contributed by atoms with van der Waals surface area (Å²) in [5.41, 5.74) is 3.17. The van der Waals surface area contributed by atoms with Crippen LogP contribution in [0.2, 0.25) is 0 Å². The number of para-hydroxylation sites is 1. The summed E-state index contributed by atoms with van der Waals surface area (Å²) in [4.78, 5) is 0. The van der Waals surface area contributed by atoms with Crippen LogP contribution in [0, 0.1) is 0 Å². The van der Waals surface area contributed by atoms with E-state index in [4.69, 9.17) is 4.74 Å². The van der Waals surface area contributed by atoms with E-state index < -0.39 is 6.10 Å². The Balaban J connectivity index is 1.94. The van der Waals surface area contributed by atoms with Gasteiger partial charge < -0.3 is 9.84 Å². The normalized spacial score (nSPS) is 22.4. The minimum Gasteiger partial charge on any atom is -0.487 e. The Labute approximate surface area is 115 Å². The number of ether oxygens (including phenoxy) is 1. The Kier molecular flexibility index (Phi) is 3.14. The summed E-state index contributed by atoms with van der Waals surface area (Å²) in [6.07, 6.45) is 7.15. The molecule has 0 spiro atoms. The first-order valence-electron chi connectivity index (χ1n) is 7.25. The quantitative estimate of drug-likeness (QED) is 0.814. The topological polar surface area (TPSA) is 29.5 Å². The van der Waals surface area contributed by atoms with Crippen molar-refractivity contribution in [3.05, 3.63) is 41.0 Å². The molecule has 0 bridgehead atoms. The molecule has 1 aromatic rings. The van der Waals surface area contributed by atoms with E-state index in [-0.39, 0.29) is 5.60 Å². The standard InChI is InChI=1S/C17H22O2/c1-17(2)11-13-9-6-10-14(16(13)19-17)15(18)12-7-4-3-5-8-12/h6-7,9-10,15,18H,3-5,8,11H2,1-2H3. The molecule has 0 amide bonds. The molecule has 3 rings (SSSR count). The molecule has 102 valence electrons. The van der Waals surface area contributed by atoms with Crippen LogP contribution < -0.4 is 4.74 Å². The van der Waals surface area contributed by atoms with Gasteiger partial charge in [-0.25, -0.2) is 0 Å². The molecular formula is C17H22O2. The minimum absolute atomic E-state index is 0.154. The van der Waals surface area contributed by atoms with E-state index in [2.05, 4.69) is 26.0 Å². The smallest absolute Gasteiger partial charge is 0.129 e. The van der Waals surface area contributed by atoms with Gasteiger partial charge in [0.05, 0.1) is 0 Å². The number of allylic oxidation sites excluding steroid dienone is 1. The maximum absolute atomic E-state index is 10.6. The molecule has 1 aliphatic heterocycles. The van der Waals surface area contributed by atoms with E-state index >= 15 is 0 Å². The second-order valence-electron chi connectivity index (χ2n) is 6.30. The summed E-state index contributed by atoms with van der Waals surface area (Å²) >= 11 is 0. The lowest BCUT2D eigenvalue weighted by molar-refractivity contribution is 0.130. The van der Waals surface area contributed by atoms with E-state index in [1.807, 2.05) is 12.1 Å². The highest BCUT2D eigenvalue weighted by Gasteiger charge is 2.33. The van der Waals surface area contributed by atoms with Crippen LogP contribution >= 0.6 is 0 Å². The van der Waals surface area contributed by atoms with Crippen molar-refractivity contribution in [2.75, 3.05) is 0 Å². The van der Waals surface area contributed by atoms with Crippen molar-refractivity contribution in [1.29, 1.82) is 0 Å². The van der Waals surface area contributed by atoms with E-state index in [9.17, 15) is 5.11 Å². The summed E-state index contributed by atoms with van der Waals surface area (Å²) < 4.78 is 6.05. The number of aliphatic hydroxyl groups excluding tert-OH is 1. The molecular weight excluding hydrogens is 236 g/mol. The molecule has 0 radical (unpaired) electrons. The lowest BCUT2D eigenvalue weighted by atomic mass is 9.90. The lowest BCUT2D eigenvalue weighted by Crippen LogP contribution is -2.25. The van der Waals surface area contributed by atoms with Gasteiger partial charge in [-0.15, -0.1) is 0 Å². The van der Waals surface area contributed by atoms with Crippen molar-refractivity contribution in [2.24, 2.45) is 0 Å². The second kappa shape index (κ2) is 4.68. The Bertz CT molecular complexity index is 514. The first-order chi connectivity index (χ1) is 9.07. The van der Waals surface area contributed by atoms with Gasteiger partial charge in [-0.05, 0) is 50.7 Å². The SMILES string of the molecule is CC1(C)Cc2cccc(C(O)C3=CCCCC3)c2O1. The first kappa shape index (κ1) is 12.7. The van der Waals surface area contributed by atoms with Crippen molar-refractivity contribution >= 4 is 0 Å². The second-order valence-corrected chi connectivity index (χ2v) is 6.30.